The van der Waals surface area contributed by atoms with Crippen molar-refractivity contribution in [1.82, 2.24) is 0 Å². The van der Waals surface area contributed by atoms with Gasteiger partial charge in [0.05, 0.1) is 12.6 Å². The molecule has 1 aliphatic heterocycles. The highest BCUT2D eigenvalue weighted by Crippen LogP contribution is 2.14. The first-order chi connectivity index (χ1) is 3.72. The van der Waals surface area contributed by atoms with E-state index in [2.05, 4.69) is 0 Å². The normalized spacial score (nSPS) is 47.6. The van der Waals surface area contributed by atoms with Crippen LogP contribution < -0.4 is 5.73 Å². The SMILES string of the molecule is CC1COC(O)C1N. The maximum atomic E-state index is 8.82. The van der Waals surface area contributed by atoms with E-state index in [-0.39, 0.29) is 6.04 Å². The highest BCUT2D eigenvalue weighted by molar-refractivity contribution is 4.77. The molecule has 1 saturated heterocycles. The fraction of sp³-hybridized carbons (Fsp3) is 1.00. The zero-order chi connectivity index (χ0) is 6.15. The van der Waals surface area contributed by atoms with E-state index in [1.807, 2.05) is 6.92 Å². The Morgan fingerprint density at radius 3 is 2.50 bits per heavy atom. The highest BCUT2D eigenvalue weighted by atomic mass is 16.6. The number of nitrogens with two attached hydrogens (primary N) is 1. The number of ether oxygens (including phenoxy) is 1. The molecule has 0 radical (unpaired) electrons. The lowest BCUT2D eigenvalue weighted by Crippen LogP contribution is -2.34. The van der Waals surface area contributed by atoms with Crippen LogP contribution in [0.15, 0.2) is 0 Å². The average molecular weight is 117 g/mol. The third-order valence-electron chi connectivity index (χ3n) is 1.52. The Kier molecular flexibility index (Phi) is 1.51. The minimum atomic E-state index is -0.731. The van der Waals surface area contributed by atoms with Gasteiger partial charge in [-0.3, -0.25) is 0 Å². The lowest BCUT2D eigenvalue weighted by molar-refractivity contribution is -0.0664. The van der Waals surface area contributed by atoms with Crippen molar-refractivity contribution in [2.75, 3.05) is 6.61 Å². The first kappa shape index (κ1) is 6.01. The monoisotopic (exact) mass is 117 g/mol. The van der Waals surface area contributed by atoms with Crippen LogP contribution in [-0.2, 0) is 4.74 Å². The summed E-state index contributed by atoms with van der Waals surface area (Å²) in [5, 5.41) is 8.82. The second kappa shape index (κ2) is 2.01. The van der Waals surface area contributed by atoms with Crippen molar-refractivity contribution in [2.45, 2.75) is 19.3 Å². The minimum Gasteiger partial charge on any atom is -0.367 e. The molecule has 0 bridgehead atoms. The third kappa shape index (κ3) is 0.844. The molecule has 3 unspecified atom stereocenters. The van der Waals surface area contributed by atoms with Gasteiger partial charge in [-0.05, 0) is 5.92 Å². The largest absolute Gasteiger partial charge is 0.367 e. The van der Waals surface area contributed by atoms with Crippen molar-refractivity contribution >= 4 is 0 Å². The van der Waals surface area contributed by atoms with Crippen LogP contribution in [0.25, 0.3) is 0 Å². The molecule has 0 aromatic heterocycles. The van der Waals surface area contributed by atoms with Crippen LogP contribution in [0.1, 0.15) is 6.92 Å². The Morgan fingerprint density at radius 2 is 2.38 bits per heavy atom. The quantitative estimate of drug-likeness (QED) is 0.441. The zero-order valence-corrected chi connectivity index (χ0v) is 4.87. The summed E-state index contributed by atoms with van der Waals surface area (Å²) in [4.78, 5) is 0. The Hall–Kier alpha value is -0.120. The number of aliphatic hydroxyl groups is 1. The van der Waals surface area contributed by atoms with Gasteiger partial charge in [0.2, 0.25) is 0 Å². The molecule has 3 atom stereocenters. The summed E-state index contributed by atoms with van der Waals surface area (Å²) < 4.78 is 4.81. The predicted octanol–water partition coefficient (Wildman–Crippen LogP) is -0.702. The molecule has 0 saturated carbocycles. The molecule has 1 rings (SSSR count). The molecule has 0 aliphatic carbocycles. The smallest absolute Gasteiger partial charge is 0.170 e. The molecule has 1 aliphatic rings. The van der Waals surface area contributed by atoms with E-state index in [0.29, 0.717) is 12.5 Å². The number of hydrogen-bond donors (Lipinski definition) is 2. The summed E-state index contributed by atoms with van der Waals surface area (Å²) >= 11 is 0. The molecule has 0 spiro atoms. The van der Waals surface area contributed by atoms with Gasteiger partial charge in [0.25, 0.3) is 0 Å². The molecule has 0 aromatic carbocycles. The number of aliphatic hydroxyl groups excluding tert-OH is 1. The number of hydrogen-bond acceptors (Lipinski definition) is 3. The second-order valence-electron chi connectivity index (χ2n) is 2.28. The Labute approximate surface area is 48.4 Å². The molecule has 0 aromatic rings. The molecule has 3 heteroatoms. The van der Waals surface area contributed by atoms with Gasteiger partial charge in [-0.25, -0.2) is 0 Å². The van der Waals surface area contributed by atoms with E-state index in [0.717, 1.165) is 0 Å². The molecule has 8 heavy (non-hydrogen) atoms. The van der Waals surface area contributed by atoms with Crippen LogP contribution in [0.5, 0.6) is 0 Å². The highest BCUT2D eigenvalue weighted by Gasteiger charge is 2.29. The van der Waals surface area contributed by atoms with Gasteiger partial charge in [-0.1, -0.05) is 6.92 Å². The predicted molar refractivity (Wildman–Crippen MR) is 29.1 cm³/mol. The van der Waals surface area contributed by atoms with E-state index in [1.54, 1.807) is 0 Å². The van der Waals surface area contributed by atoms with Crippen LogP contribution in [-0.4, -0.2) is 24.0 Å². The van der Waals surface area contributed by atoms with Crippen molar-refractivity contribution in [2.24, 2.45) is 11.7 Å². The van der Waals surface area contributed by atoms with Gasteiger partial charge < -0.3 is 15.6 Å². The van der Waals surface area contributed by atoms with Gasteiger partial charge >= 0.3 is 0 Å². The summed E-state index contributed by atoms with van der Waals surface area (Å²) in [7, 11) is 0. The summed E-state index contributed by atoms with van der Waals surface area (Å²) in [5.41, 5.74) is 5.45. The summed E-state index contributed by atoms with van der Waals surface area (Å²) in [6.07, 6.45) is -0.731. The molecule has 3 nitrogen and oxygen atoms in total. The van der Waals surface area contributed by atoms with E-state index in [9.17, 15) is 0 Å². The standard InChI is InChI=1S/C5H11NO2/c1-3-2-8-5(7)4(3)6/h3-5,7H,2,6H2,1H3. The first-order valence-electron chi connectivity index (χ1n) is 2.77. The fourth-order valence-electron chi connectivity index (χ4n) is 0.754. The summed E-state index contributed by atoms with van der Waals surface area (Å²) in [5.74, 6) is 0.296. The van der Waals surface area contributed by atoms with Crippen molar-refractivity contribution < 1.29 is 9.84 Å². The van der Waals surface area contributed by atoms with E-state index in [1.165, 1.54) is 0 Å². The topological polar surface area (TPSA) is 55.5 Å². The molecule has 3 N–H and O–H groups in total. The molecule has 48 valence electrons. The van der Waals surface area contributed by atoms with Crippen molar-refractivity contribution in [3.8, 4) is 0 Å². The van der Waals surface area contributed by atoms with E-state index < -0.39 is 6.29 Å². The Balaban J connectivity index is 2.44. The molecular weight excluding hydrogens is 106 g/mol. The molecule has 1 heterocycles. The third-order valence-corrected chi connectivity index (χ3v) is 1.52. The van der Waals surface area contributed by atoms with Gasteiger partial charge in [0.1, 0.15) is 0 Å². The van der Waals surface area contributed by atoms with Gasteiger partial charge in [0, 0.05) is 0 Å². The Morgan fingerprint density at radius 1 is 1.75 bits per heavy atom. The van der Waals surface area contributed by atoms with Gasteiger partial charge in [0.15, 0.2) is 6.29 Å². The minimum absolute atomic E-state index is 0.185. The molecule has 0 amide bonds. The number of rotatable bonds is 0. The van der Waals surface area contributed by atoms with Crippen LogP contribution in [0, 0.1) is 5.92 Å². The lowest BCUT2D eigenvalue weighted by atomic mass is 10.1. The lowest BCUT2D eigenvalue weighted by Gasteiger charge is -2.08. The van der Waals surface area contributed by atoms with Gasteiger partial charge in [-0.2, -0.15) is 0 Å². The van der Waals surface area contributed by atoms with Gasteiger partial charge in [-0.15, -0.1) is 0 Å². The van der Waals surface area contributed by atoms with Crippen LogP contribution in [0.3, 0.4) is 0 Å². The van der Waals surface area contributed by atoms with Crippen LogP contribution in [0.2, 0.25) is 0 Å². The van der Waals surface area contributed by atoms with Crippen LogP contribution in [0.4, 0.5) is 0 Å². The van der Waals surface area contributed by atoms with Crippen LogP contribution >= 0.6 is 0 Å². The van der Waals surface area contributed by atoms with Crippen molar-refractivity contribution in [3.05, 3.63) is 0 Å². The maximum Gasteiger partial charge on any atom is 0.170 e. The fourth-order valence-corrected chi connectivity index (χ4v) is 0.754. The molecule has 1 fully saturated rings. The zero-order valence-electron chi connectivity index (χ0n) is 4.87. The maximum absolute atomic E-state index is 8.82. The summed E-state index contributed by atoms with van der Waals surface area (Å²) in [6.45, 7) is 2.54. The van der Waals surface area contributed by atoms with E-state index >= 15 is 0 Å². The summed E-state index contributed by atoms with van der Waals surface area (Å²) in [6, 6.07) is -0.185. The first-order valence-corrected chi connectivity index (χ1v) is 2.77. The molecular formula is C5H11NO2. The second-order valence-corrected chi connectivity index (χ2v) is 2.28. The Bertz CT molecular complexity index is 76.5. The average Bonchev–Trinajstić information content (AvgIpc) is 1.98. The van der Waals surface area contributed by atoms with Crippen molar-refractivity contribution in [3.63, 3.8) is 0 Å². The van der Waals surface area contributed by atoms with Crippen molar-refractivity contribution in [1.29, 1.82) is 0 Å². The van der Waals surface area contributed by atoms with E-state index in [4.69, 9.17) is 15.6 Å².